The Kier molecular flexibility index (Phi) is 12.2. The molecule has 0 aliphatic carbocycles. The first-order valence-electron chi connectivity index (χ1n) is 10.6. The molecule has 1 heterocycles. The number of carboxylic acids is 2. The fraction of sp³-hybridized carbons (Fsp3) is 0.526. The topological polar surface area (TPSA) is 281 Å². The molecule has 0 saturated carbocycles. The highest BCUT2D eigenvalue weighted by Gasteiger charge is 2.30. The predicted octanol–water partition coefficient (Wildman–Crippen LogP) is -3.63. The lowest BCUT2D eigenvalue weighted by Crippen LogP contribution is -2.57. The molecule has 35 heavy (non-hydrogen) atoms. The van der Waals surface area contributed by atoms with Crippen LogP contribution in [0.4, 0.5) is 0 Å². The van der Waals surface area contributed by atoms with E-state index < -0.39 is 60.8 Å². The molecule has 3 unspecified atom stereocenters. The van der Waals surface area contributed by atoms with Crippen LogP contribution >= 0.6 is 0 Å². The van der Waals surface area contributed by atoms with E-state index in [1.165, 1.54) is 12.5 Å². The number of amides is 3. The van der Waals surface area contributed by atoms with Crippen molar-refractivity contribution in [2.45, 2.75) is 50.2 Å². The van der Waals surface area contributed by atoms with Crippen molar-refractivity contribution in [1.29, 1.82) is 0 Å². The van der Waals surface area contributed by atoms with Crippen molar-refractivity contribution in [2.24, 2.45) is 22.2 Å². The second-order valence-corrected chi connectivity index (χ2v) is 7.45. The van der Waals surface area contributed by atoms with Gasteiger partial charge in [-0.1, -0.05) is 0 Å². The van der Waals surface area contributed by atoms with Crippen LogP contribution in [0.15, 0.2) is 17.5 Å². The van der Waals surface area contributed by atoms with Crippen molar-refractivity contribution in [3.63, 3.8) is 0 Å². The molecule has 0 aliphatic rings. The van der Waals surface area contributed by atoms with Gasteiger partial charge in [0.15, 0.2) is 5.96 Å². The molecule has 3 atom stereocenters. The van der Waals surface area contributed by atoms with Crippen LogP contribution in [-0.4, -0.2) is 87.0 Å². The Hall–Kier alpha value is -4.21. The highest BCUT2D eigenvalue weighted by Crippen LogP contribution is 2.05. The maximum Gasteiger partial charge on any atom is 0.326 e. The van der Waals surface area contributed by atoms with Crippen LogP contribution in [0.25, 0.3) is 0 Å². The van der Waals surface area contributed by atoms with Crippen LogP contribution in [0.2, 0.25) is 0 Å². The van der Waals surface area contributed by atoms with E-state index in [9.17, 15) is 29.1 Å². The molecule has 0 saturated heterocycles. The van der Waals surface area contributed by atoms with Gasteiger partial charge in [-0.25, -0.2) is 9.78 Å². The number of imidazole rings is 1. The van der Waals surface area contributed by atoms with Gasteiger partial charge in [0, 0.05) is 31.3 Å². The number of aliphatic carboxylic acids is 2. The summed E-state index contributed by atoms with van der Waals surface area (Å²) in [5.74, 6) is -5.00. The van der Waals surface area contributed by atoms with Crippen molar-refractivity contribution >= 4 is 35.6 Å². The molecule has 0 fully saturated rings. The van der Waals surface area contributed by atoms with Crippen molar-refractivity contribution < 1.29 is 34.2 Å². The largest absolute Gasteiger partial charge is 0.481 e. The summed E-state index contributed by atoms with van der Waals surface area (Å²) in [7, 11) is 0. The Morgan fingerprint density at radius 1 is 1.00 bits per heavy atom. The molecule has 12 N–H and O–H groups in total. The number of carbonyl (C=O) groups is 5. The number of aromatic amines is 1. The number of aromatic nitrogens is 2. The maximum atomic E-state index is 12.9. The monoisotopic (exact) mass is 497 g/mol. The molecule has 1 aromatic heterocycles. The van der Waals surface area contributed by atoms with Gasteiger partial charge >= 0.3 is 11.9 Å². The second kappa shape index (κ2) is 14.8. The number of aliphatic imine (C=N–C) groups is 1. The summed E-state index contributed by atoms with van der Waals surface area (Å²) in [6.45, 7) is -0.280. The van der Waals surface area contributed by atoms with Gasteiger partial charge in [0.1, 0.15) is 18.1 Å². The van der Waals surface area contributed by atoms with E-state index in [4.69, 9.17) is 22.3 Å². The number of carbonyl (C=O) groups excluding carboxylic acids is 3. The highest BCUT2D eigenvalue weighted by atomic mass is 16.4. The van der Waals surface area contributed by atoms with Gasteiger partial charge < -0.3 is 48.3 Å². The number of carboxylic acid groups (broad SMARTS) is 2. The summed E-state index contributed by atoms with van der Waals surface area (Å²) >= 11 is 0. The lowest BCUT2D eigenvalue weighted by Gasteiger charge is -2.24. The van der Waals surface area contributed by atoms with Crippen LogP contribution in [0.5, 0.6) is 0 Å². The van der Waals surface area contributed by atoms with Crippen molar-refractivity contribution in [1.82, 2.24) is 25.9 Å². The van der Waals surface area contributed by atoms with Gasteiger partial charge in [-0.05, 0) is 19.3 Å². The third-order valence-electron chi connectivity index (χ3n) is 4.66. The number of nitrogens with zero attached hydrogens (tertiary/aromatic N) is 2. The summed E-state index contributed by atoms with van der Waals surface area (Å²) in [5.41, 5.74) is 16.2. The first-order chi connectivity index (χ1) is 16.5. The smallest absolute Gasteiger partial charge is 0.326 e. The van der Waals surface area contributed by atoms with E-state index in [1.807, 2.05) is 0 Å². The summed E-state index contributed by atoms with van der Waals surface area (Å²) in [4.78, 5) is 70.4. The Balaban J connectivity index is 2.98. The Bertz CT molecular complexity index is 900. The molecule has 0 aliphatic heterocycles. The molecule has 0 aromatic carbocycles. The average Bonchev–Trinajstić information content (AvgIpc) is 3.30. The normalized spacial score (nSPS) is 13.1. The first kappa shape index (κ1) is 28.8. The molecular formula is C19H31N9O7. The van der Waals surface area contributed by atoms with Crippen LogP contribution in [0.3, 0.4) is 0 Å². The molecule has 1 rings (SSSR count). The molecule has 16 nitrogen and oxygen atoms in total. The van der Waals surface area contributed by atoms with E-state index in [-0.39, 0.29) is 38.2 Å². The Morgan fingerprint density at radius 3 is 2.20 bits per heavy atom. The fourth-order valence-corrected chi connectivity index (χ4v) is 2.92. The van der Waals surface area contributed by atoms with E-state index in [0.29, 0.717) is 5.69 Å². The van der Waals surface area contributed by atoms with Crippen molar-refractivity contribution in [3.05, 3.63) is 18.2 Å². The summed E-state index contributed by atoms with van der Waals surface area (Å²) in [6.07, 6.45) is 2.26. The fourth-order valence-electron chi connectivity index (χ4n) is 2.92. The quantitative estimate of drug-likeness (QED) is 0.0610. The molecule has 0 radical (unpaired) electrons. The lowest BCUT2D eigenvalue weighted by atomic mass is 10.1. The number of H-pyrrole nitrogens is 1. The van der Waals surface area contributed by atoms with Gasteiger partial charge in [0.2, 0.25) is 17.7 Å². The lowest BCUT2D eigenvalue weighted by molar-refractivity contribution is -0.142. The first-order valence-corrected chi connectivity index (χ1v) is 10.6. The zero-order valence-electron chi connectivity index (χ0n) is 18.9. The Morgan fingerprint density at radius 2 is 1.66 bits per heavy atom. The minimum Gasteiger partial charge on any atom is -0.481 e. The highest BCUT2D eigenvalue weighted by molar-refractivity contribution is 5.93. The number of nitrogens with two attached hydrogens (primary N) is 3. The third-order valence-corrected chi connectivity index (χ3v) is 4.66. The predicted molar refractivity (Wildman–Crippen MR) is 122 cm³/mol. The molecule has 0 spiro atoms. The number of rotatable bonds is 16. The molecule has 1 aromatic rings. The summed E-state index contributed by atoms with van der Waals surface area (Å²) in [6, 6.07) is -3.85. The SMILES string of the molecule is NCC(=O)NC(CCC(=O)O)C(=O)NC(Cc1cnc[nH]1)C(=O)NC(CCCN=C(N)N)C(=O)O. The zero-order valence-corrected chi connectivity index (χ0v) is 18.9. The minimum absolute atomic E-state index is 0.0103. The van der Waals surface area contributed by atoms with E-state index >= 15 is 0 Å². The van der Waals surface area contributed by atoms with Gasteiger partial charge in [-0.15, -0.1) is 0 Å². The van der Waals surface area contributed by atoms with Gasteiger partial charge in [-0.2, -0.15) is 0 Å². The number of nitrogens with one attached hydrogen (secondary N) is 4. The molecule has 16 heteroatoms. The van der Waals surface area contributed by atoms with Gasteiger partial charge in [0.05, 0.1) is 12.9 Å². The van der Waals surface area contributed by atoms with Crippen molar-refractivity contribution in [2.75, 3.05) is 13.1 Å². The molecule has 0 bridgehead atoms. The van der Waals surface area contributed by atoms with Crippen LogP contribution < -0.4 is 33.2 Å². The van der Waals surface area contributed by atoms with Crippen molar-refractivity contribution in [3.8, 4) is 0 Å². The molecule has 194 valence electrons. The standard InChI is InChI=1S/C19H31N9O7/c20-7-14(29)26-11(3-4-15(30)31)16(32)28-13(6-10-8-23-9-25-10)17(33)27-12(18(34)35)2-1-5-24-19(21)22/h8-9,11-13H,1-7,20H2,(H,23,25)(H,26,29)(H,27,33)(H,28,32)(H,30,31)(H,34,35)(H4,21,22,24). The minimum atomic E-state index is -1.30. The van der Waals surface area contributed by atoms with Crippen LogP contribution in [-0.2, 0) is 30.4 Å². The second-order valence-electron chi connectivity index (χ2n) is 7.45. The number of hydrogen-bond donors (Lipinski definition) is 9. The summed E-state index contributed by atoms with van der Waals surface area (Å²) in [5, 5.41) is 25.5. The maximum absolute atomic E-state index is 12.9. The zero-order chi connectivity index (χ0) is 26.4. The Labute approximate surface area is 200 Å². The van der Waals surface area contributed by atoms with E-state index in [1.54, 1.807) is 0 Å². The molecular weight excluding hydrogens is 466 g/mol. The third kappa shape index (κ3) is 11.5. The van der Waals surface area contributed by atoms with Crippen LogP contribution in [0, 0.1) is 0 Å². The van der Waals surface area contributed by atoms with Gasteiger partial charge in [-0.3, -0.25) is 24.2 Å². The number of hydrogen-bond acceptors (Lipinski definition) is 8. The van der Waals surface area contributed by atoms with Crippen LogP contribution in [0.1, 0.15) is 31.4 Å². The average molecular weight is 498 g/mol. The van der Waals surface area contributed by atoms with Gasteiger partial charge in [0.25, 0.3) is 0 Å². The van der Waals surface area contributed by atoms with E-state index in [0.717, 1.165) is 0 Å². The molecule has 3 amide bonds. The number of guanidine groups is 1. The van der Waals surface area contributed by atoms with E-state index in [2.05, 4.69) is 30.9 Å². The summed E-state index contributed by atoms with van der Waals surface area (Å²) < 4.78 is 0.